The molecule has 1 aromatic heterocycles. The van der Waals surface area contributed by atoms with Crippen molar-refractivity contribution in [3.63, 3.8) is 0 Å². The monoisotopic (exact) mass is 415 g/mol. The van der Waals surface area contributed by atoms with E-state index in [1.807, 2.05) is 6.26 Å². The molecule has 0 aliphatic rings. The molecule has 29 heavy (non-hydrogen) atoms. The van der Waals surface area contributed by atoms with Crippen molar-refractivity contribution in [2.75, 3.05) is 0 Å². The Morgan fingerprint density at radius 3 is 1.41 bits per heavy atom. The fourth-order valence-corrected chi connectivity index (χ4v) is 10.1. The summed E-state index contributed by atoms with van der Waals surface area (Å²) in [6.45, 7) is 7.09. The molecule has 0 bridgehead atoms. The van der Waals surface area contributed by atoms with E-state index in [1.165, 1.54) is 26.9 Å². The van der Waals surface area contributed by atoms with E-state index >= 15 is 0 Å². The standard InChI is InChI=1S/C26H28OPSi/c1-29(2,3)26-22(19-20-27-26)21-28(23-13-7-4-8-14-23,24-15-9-5-10-16-24)25-17-11-6-12-18-25/h4-20H,21H2,1-3H3/q+1. The molecular formula is C26H28OPSi+. The molecule has 3 heteroatoms. The highest BCUT2D eigenvalue weighted by molar-refractivity contribution is 7.95. The van der Waals surface area contributed by atoms with E-state index < -0.39 is 15.3 Å². The van der Waals surface area contributed by atoms with Crippen LogP contribution in [0.15, 0.2) is 108 Å². The van der Waals surface area contributed by atoms with Gasteiger partial charge >= 0.3 is 0 Å². The van der Waals surface area contributed by atoms with Crippen molar-refractivity contribution in [2.24, 2.45) is 0 Å². The van der Waals surface area contributed by atoms with Gasteiger partial charge in [0.2, 0.25) is 0 Å². The minimum absolute atomic E-state index is 0.987. The highest BCUT2D eigenvalue weighted by Gasteiger charge is 2.46. The lowest BCUT2D eigenvalue weighted by atomic mass is 10.3. The normalized spacial score (nSPS) is 12.1. The van der Waals surface area contributed by atoms with Gasteiger partial charge in [0, 0.05) is 5.56 Å². The summed E-state index contributed by atoms with van der Waals surface area (Å²) in [5.74, 6) is 0. The Kier molecular flexibility index (Phi) is 5.58. The second-order valence-electron chi connectivity index (χ2n) is 8.50. The maximum Gasteiger partial charge on any atom is 0.123 e. The molecule has 0 atom stereocenters. The van der Waals surface area contributed by atoms with E-state index in [4.69, 9.17) is 4.42 Å². The zero-order valence-electron chi connectivity index (χ0n) is 17.4. The highest BCUT2D eigenvalue weighted by atomic mass is 31.2. The highest BCUT2D eigenvalue weighted by Crippen LogP contribution is 2.58. The smallest absolute Gasteiger partial charge is 0.123 e. The second-order valence-corrected chi connectivity index (χ2v) is 16.9. The number of hydrogen-bond donors (Lipinski definition) is 0. The lowest BCUT2D eigenvalue weighted by molar-refractivity contribution is 0.596. The van der Waals surface area contributed by atoms with E-state index in [0.29, 0.717) is 0 Å². The van der Waals surface area contributed by atoms with Gasteiger partial charge in [-0.15, -0.1) is 0 Å². The van der Waals surface area contributed by atoms with Crippen molar-refractivity contribution in [2.45, 2.75) is 25.8 Å². The zero-order chi connectivity index (χ0) is 20.3. The Hall–Kier alpha value is -2.41. The van der Waals surface area contributed by atoms with Gasteiger partial charge in [-0.2, -0.15) is 0 Å². The first-order valence-corrected chi connectivity index (χ1v) is 15.6. The molecule has 0 aliphatic carbocycles. The number of benzene rings is 3. The molecule has 0 radical (unpaired) electrons. The second kappa shape index (κ2) is 8.14. The molecule has 3 aromatic carbocycles. The molecule has 0 saturated carbocycles. The Balaban J connectivity index is 2.00. The van der Waals surface area contributed by atoms with Gasteiger partial charge in [-0.05, 0) is 42.5 Å². The summed E-state index contributed by atoms with van der Waals surface area (Å²) >= 11 is 0. The van der Waals surface area contributed by atoms with E-state index in [1.54, 1.807) is 0 Å². The summed E-state index contributed by atoms with van der Waals surface area (Å²) < 4.78 is 6.06. The molecule has 1 heterocycles. The molecular weight excluding hydrogens is 387 g/mol. The van der Waals surface area contributed by atoms with E-state index in [0.717, 1.165) is 6.16 Å². The number of hydrogen-bond acceptors (Lipinski definition) is 1. The molecule has 4 rings (SSSR count). The Labute approximate surface area is 175 Å². The largest absolute Gasteiger partial charge is 0.474 e. The third kappa shape index (κ3) is 3.88. The first kappa shape index (κ1) is 19.9. The van der Waals surface area contributed by atoms with Crippen LogP contribution in [-0.2, 0) is 6.16 Å². The third-order valence-electron chi connectivity index (χ3n) is 5.43. The van der Waals surface area contributed by atoms with E-state index in [9.17, 15) is 0 Å². The molecule has 146 valence electrons. The topological polar surface area (TPSA) is 13.1 Å². The van der Waals surface area contributed by atoms with Crippen LogP contribution in [0.25, 0.3) is 0 Å². The van der Waals surface area contributed by atoms with Gasteiger partial charge in [0.1, 0.15) is 37.4 Å². The SMILES string of the molecule is C[Si](C)(C)c1occc1C[P+](c1ccccc1)(c1ccccc1)c1ccccc1. The van der Waals surface area contributed by atoms with Crippen LogP contribution < -0.4 is 21.3 Å². The molecule has 0 aliphatic heterocycles. The van der Waals surface area contributed by atoms with Crippen LogP contribution in [0.1, 0.15) is 5.56 Å². The molecule has 0 spiro atoms. The average Bonchev–Trinajstić information content (AvgIpc) is 3.23. The number of furan rings is 1. The van der Waals surface area contributed by atoms with Crippen LogP contribution in [0.2, 0.25) is 19.6 Å². The lowest BCUT2D eigenvalue weighted by Crippen LogP contribution is -2.40. The average molecular weight is 416 g/mol. The van der Waals surface area contributed by atoms with Gasteiger partial charge in [0.15, 0.2) is 0 Å². The molecule has 0 saturated heterocycles. The summed E-state index contributed by atoms with van der Waals surface area (Å²) in [6, 6.07) is 35.4. The van der Waals surface area contributed by atoms with Crippen molar-refractivity contribution in [1.29, 1.82) is 0 Å². The van der Waals surface area contributed by atoms with Gasteiger partial charge in [0.05, 0.1) is 11.6 Å². The van der Waals surface area contributed by atoms with Crippen LogP contribution in [0, 0.1) is 0 Å². The summed E-state index contributed by atoms with van der Waals surface area (Å²) in [5, 5.41) is 5.48. The first-order valence-electron chi connectivity index (χ1n) is 10.1. The molecule has 0 fully saturated rings. The van der Waals surface area contributed by atoms with E-state index in [2.05, 4.69) is 117 Å². The quantitative estimate of drug-likeness (QED) is 0.307. The van der Waals surface area contributed by atoms with Crippen LogP contribution >= 0.6 is 7.26 Å². The van der Waals surface area contributed by atoms with Crippen LogP contribution in [0.5, 0.6) is 0 Å². The number of rotatable bonds is 6. The van der Waals surface area contributed by atoms with Gasteiger partial charge in [-0.1, -0.05) is 74.2 Å². The zero-order valence-corrected chi connectivity index (χ0v) is 19.3. The van der Waals surface area contributed by atoms with Crippen molar-refractivity contribution in [3.05, 3.63) is 109 Å². The van der Waals surface area contributed by atoms with Crippen molar-refractivity contribution in [1.82, 2.24) is 0 Å². The molecule has 0 N–H and O–H groups in total. The molecule has 0 unspecified atom stereocenters. The third-order valence-corrected chi connectivity index (χ3v) is 11.6. The van der Waals surface area contributed by atoms with Crippen LogP contribution in [0.4, 0.5) is 0 Å². The summed E-state index contributed by atoms with van der Waals surface area (Å²) in [6.07, 6.45) is 2.87. The van der Waals surface area contributed by atoms with Gasteiger partial charge in [-0.3, -0.25) is 0 Å². The maximum absolute atomic E-state index is 6.06. The van der Waals surface area contributed by atoms with Crippen LogP contribution in [0.3, 0.4) is 0 Å². The Morgan fingerprint density at radius 1 is 0.621 bits per heavy atom. The molecule has 1 nitrogen and oxygen atoms in total. The minimum Gasteiger partial charge on any atom is -0.474 e. The minimum atomic E-state index is -1.88. The van der Waals surface area contributed by atoms with E-state index in [-0.39, 0.29) is 0 Å². The van der Waals surface area contributed by atoms with Gasteiger partial charge in [0.25, 0.3) is 0 Å². The van der Waals surface area contributed by atoms with Crippen molar-refractivity contribution < 1.29 is 4.42 Å². The summed E-state index contributed by atoms with van der Waals surface area (Å²) in [5.41, 5.74) is 1.37. The predicted molar refractivity (Wildman–Crippen MR) is 131 cm³/mol. The maximum atomic E-state index is 6.06. The summed E-state index contributed by atoms with van der Waals surface area (Å²) in [7, 11) is -3.45. The lowest BCUT2D eigenvalue weighted by Gasteiger charge is -2.28. The predicted octanol–water partition coefficient (Wildman–Crippen LogP) is 5.32. The van der Waals surface area contributed by atoms with Gasteiger partial charge in [-0.25, -0.2) is 0 Å². The van der Waals surface area contributed by atoms with Crippen molar-refractivity contribution in [3.8, 4) is 0 Å². The Morgan fingerprint density at radius 2 is 1.03 bits per heavy atom. The van der Waals surface area contributed by atoms with Gasteiger partial charge < -0.3 is 4.42 Å². The first-order chi connectivity index (χ1) is 14.0. The molecule has 0 amide bonds. The molecule has 4 aromatic rings. The summed E-state index contributed by atoms with van der Waals surface area (Å²) in [4.78, 5) is 0. The Bertz CT molecular complexity index is 953. The van der Waals surface area contributed by atoms with Crippen molar-refractivity contribution >= 4 is 36.6 Å². The fraction of sp³-hybridized carbons (Fsp3) is 0.154. The fourth-order valence-electron chi connectivity index (χ4n) is 4.14. The van der Waals surface area contributed by atoms with Crippen LogP contribution in [-0.4, -0.2) is 8.07 Å².